The molecule has 10 heteroatoms. The smallest absolute Gasteiger partial charge is 0.246 e. The molecule has 10 nitrogen and oxygen atoms in total. The van der Waals surface area contributed by atoms with Crippen molar-refractivity contribution in [3.8, 4) is 17.2 Å². The molecule has 0 aliphatic carbocycles. The van der Waals surface area contributed by atoms with Gasteiger partial charge in [-0.15, -0.1) is 0 Å². The maximum Gasteiger partial charge on any atom is 0.246 e. The summed E-state index contributed by atoms with van der Waals surface area (Å²) < 4.78 is 18.0. The highest BCUT2D eigenvalue weighted by Gasteiger charge is 2.27. The van der Waals surface area contributed by atoms with Crippen LogP contribution in [0.4, 0.5) is 5.69 Å². The Kier molecular flexibility index (Phi) is 7.22. The van der Waals surface area contributed by atoms with Gasteiger partial charge in [-0.3, -0.25) is 14.5 Å². The van der Waals surface area contributed by atoms with Gasteiger partial charge in [0.1, 0.15) is 23.8 Å². The van der Waals surface area contributed by atoms with Crippen LogP contribution in [0.3, 0.4) is 0 Å². The van der Waals surface area contributed by atoms with Crippen molar-refractivity contribution in [1.29, 1.82) is 0 Å². The first-order valence-electron chi connectivity index (χ1n) is 10.0. The number of rotatable bonds is 7. The van der Waals surface area contributed by atoms with Gasteiger partial charge in [-0.1, -0.05) is 0 Å². The van der Waals surface area contributed by atoms with Crippen molar-refractivity contribution in [3.05, 3.63) is 30.1 Å². The second kappa shape index (κ2) is 10.1. The van der Waals surface area contributed by atoms with E-state index < -0.39 is 0 Å². The van der Waals surface area contributed by atoms with Crippen molar-refractivity contribution in [2.75, 3.05) is 59.5 Å². The van der Waals surface area contributed by atoms with Crippen molar-refractivity contribution in [1.82, 2.24) is 20.0 Å². The molecule has 1 aliphatic rings. The minimum atomic E-state index is 0.0145. The normalized spacial score (nSPS) is 14.6. The Bertz CT molecular complexity index is 917. The zero-order valence-electron chi connectivity index (χ0n) is 18.7. The third-order valence-corrected chi connectivity index (χ3v) is 5.21. The molecule has 0 spiro atoms. The molecule has 2 heterocycles. The molecule has 1 saturated heterocycles. The molecule has 0 unspecified atom stereocenters. The van der Waals surface area contributed by atoms with E-state index in [1.54, 1.807) is 44.2 Å². The van der Waals surface area contributed by atoms with Gasteiger partial charge in [0.15, 0.2) is 5.96 Å². The van der Waals surface area contributed by atoms with E-state index in [0.29, 0.717) is 49.3 Å². The number of piperazine rings is 1. The largest absolute Gasteiger partial charge is 0.496 e. The standard InChI is InChI=1S/C21H30N6O4/c1-22-21(26-8-9-27(20(28)14-26)15-12-24-25(2)13-15)23-7-6-17-18(30-4)10-16(29-3)11-19(17)31-5/h10-13H,6-9,14H2,1-5H3,(H,22,23). The number of hydrogen-bond acceptors (Lipinski definition) is 6. The Morgan fingerprint density at radius 2 is 1.87 bits per heavy atom. The minimum Gasteiger partial charge on any atom is -0.496 e. The zero-order valence-corrected chi connectivity index (χ0v) is 18.7. The molecule has 31 heavy (non-hydrogen) atoms. The first-order chi connectivity index (χ1) is 15.0. The summed E-state index contributed by atoms with van der Waals surface area (Å²) in [6.45, 7) is 2.10. The molecule has 1 fully saturated rings. The number of carbonyl (C=O) groups excluding carboxylic acids is 1. The molecule has 1 aliphatic heterocycles. The van der Waals surface area contributed by atoms with E-state index in [2.05, 4.69) is 15.4 Å². The Hall–Kier alpha value is -3.43. The number of aromatic nitrogens is 2. The highest BCUT2D eigenvalue weighted by Crippen LogP contribution is 2.34. The predicted octanol–water partition coefficient (Wildman–Crippen LogP) is 0.913. The number of hydrogen-bond donors (Lipinski definition) is 1. The van der Waals surface area contributed by atoms with Crippen LogP contribution < -0.4 is 24.4 Å². The number of methoxy groups -OCH3 is 3. The van der Waals surface area contributed by atoms with Crippen molar-refractivity contribution >= 4 is 17.6 Å². The molecule has 0 saturated carbocycles. The lowest BCUT2D eigenvalue weighted by Crippen LogP contribution is -2.55. The lowest BCUT2D eigenvalue weighted by Gasteiger charge is -2.35. The number of carbonyl (C=O) groups is 1. The van der Waals surface area contributed by atoms with Gasteiger partial charge in [0.2, 0.25) is 5.91 Å². The highest BCUT2D eigenvalue weighted by molar-refractivity contribution is 5.98. The third kappa shape index (κ3) is 5.01. The van der Waals surface area contributed by atoms with Crippen molar-refractivity contribution in [3.63, 3.8) is 0 Å². The van der Waals surface area contributed by atoms with E-state index in [0.717, 1.165) is 11.3 Å². The molecule has 2 aromatic rings. The topological polar surface area (TPSA) is 93.5 Å². The maximum absolute atomic E-state index is 12.7. The maximum atomic E-state index is 12.7. The van der Waals surface area contributed by atoms with E-state index in [1.807, 2.05) is 30.3 Å². The minimum absolute atomic E-state index is 0.0145. The molecule has 0 bridgehead atoms. The van der Waals surface area contributed by atoms with Crippen LogP contribution in [0.25, 0.3) is 0 Å². The molecular formula is C21H30N6O4. The number of benzene rings is 1. The number of anilines is 1. The summed E-state index contributed by atoms with van der Waals surface area (Å²) in [6.07, 6.45) is 4.20. The molecule has 1 aromatic heterocycles. The van der Waals surface area contributed by atoms with E-state index in [-0.39, 0.29) is 12.5 Å². The van der Waals surface area contributed by atoms with Crippen molar-refractivity contribution in [2.24, 2.45) is 12.0 Å². The summed E-state index contributed by atoms with van der Waals surface area (Å²) in [5, 5.41) is 7.49. The van der Waals surface area contributed by atoms with Gasteiger partial charge in [0.25, 0.3) is 0 Å². The first kappa shape index (κ1) is 22.3. The number of guanidine groups is 1. The van der Waals surface area contributed by atoms with Crippen LogP contribution in [-0.2, 0) is 18.3 Å². The van der Waals surface area contributed by atoms with Gasteiger partial charge < -0.3 is 29.3 Å². The number of aliphatic imine (C=N–C) groups is 1. The van der Waals surface area contributed by atoms with E-state index in [1.165, 1.54) is 0 Å². The summed E-state index contributed by atoms with van der Waals surface area (Å²) in [4.78, 5) is 20.7. The average molecular weight is 431 g/mol. The fourth-order valence-electron chi connectivity index (χ4n) is 3.63. The molecule has 1 N–H and O–H groups in total. The molecular weight excluding hydrogens is 400 g/mol. The number of nitrogens with zero attached hydrogens (tertiary/aromatic N) is 5. The summed E-state index contributed by atoms with van der Waals surface area (Å²) in [6, 6.07) is 3.67. The van der Waals surface area contributed by atoms with E-state index >= 15 is 0 Å². The molecule has 1 aromatic carbocycles. The van der Waals surface area contributed by atoms with Crippen LogP contribution >= 0.6 is 0 Å². The zero-order chi connectivity index (χ0) is 22.4. The number of nitrogens with one attached hydrogen (secondary N) is 1. The van der Waals surface area contributed by atoms with Crippen molar-refractivity contribution in [2.45, 2.75) is 6.42 Å². The average Bonchev–Trinajstić information content (AvgIpc) is 3.22. The summed E-state index contributed by atoms with van der Waals surface area (Å²) in [5.41, 5.74) is 1.75. The molecule has 168 valence electrons. The fraction of sp³-hybridized carbons (Fsp3) is 0.476. The van der Waals surface area contributed by atoms with E-state index in [4.69, 9.17) is 14.2 Å². The molecule has 0 atom stereocenters. The lowest BCUT2D eigenvalue weighted by atomic mass is 10.1. The third-order valence-electron chi connectivity index (χ3n) is 5.21. The molecule has 0 radical (unpaired) electrons. The van der Waals surface area contributed by atoms with Crippen LogP contribution in [0.15, 0.2) is 29.5 Å². The van der Waals surface area contributed by atoms with Gasteiger partial charge in [-0.25, -0.2) is 0 Å². The summed E-state index contributed by atoms with van der Waals surface area (Å²) in [7, 11) is 8.40. The van der Waals surface area contributed by atoms with E-state index in [9.17, 15) is 4.79 Å². The quantitative estimate of drug-likeness (QED) is 0.516. The predicted molar refractivity (Wildman–Crippen MR) is 118 cm³/mol. The van der Waals surface area contributed by atoms with Crippen LogP contribution in [0.5, 0.6) is 17.2 Å². The van der Waals surface area contributed by atoms with Gasteiger partial charge in [0, 0.05) is 57.6 Å². The number of ether oxygens (including phenoxy) is 3. The summed E-state index contributed by atoms with van der Waals surface area (Å²) >= 11 is 0. The van der Waals surface area contributed by atoms with Gasteiger partial charge in [0.05, 0.1) is 33.2 Å². The molecule has 1 amide bonds. The highest BCUT2D eigenvalue weighted by atomic mass is 16.5. The van der Waals surface area contributed by atoms with Gasteiger partial charge >= 0.3 is 0 Å². The Morgan fingerprint density at radius 1 is 1.16 bits per heavy atom. The van der Waals surface area contributed by atoms with Gasteiger partial charge in [-0.05, 0) is 6.42 Å². The summed E-state index contributed by atoms with van der Waals surface area (Å²) in [5.74, 6) is 2.78. The lowest BCUT2D eigenvalue weighted by molar-refractivity contribution is -0.120. The second-order valence-electron chi connectivity index (χ2n) is 7.07. The number of aryl methyl sites for hydroxylation is 1. The first-order valence-corrected chi connectivity index (χ1v) is 10.0. The Labute approximate surface area is 182 Å². The van der Waals surface area contributed by atoms with Crippen LogP contribution in [-0.4, -0.2) is 81.1 Å². The second-order valence-corrected chi connectivity index (χ2v) is 7.07. The Balaban J connectivity index is 1.61. The van der Waals surface area contributed by atoms with Gasteiger partial charge in [-0.2, -0.15) is 5.10 Å². The molecule has 3 rings (SSSR count). The fourth-order valence-corrected chi connectivity index (χ4v) is 3.63. The van der Waals surface area contributed by atoms with Crippen LogP contribution in [0, 0.1) is 0 Å². The van der Waals surface area contributed by atoms with Crippen LogP contribution in [0.1, 0.15) is 5.56 Å². The SMILES string of the molecule is CN=C(NCCc1c(OC)cc(OC)cc1OC)N1CCN(c2cnn(C)c2)C(=O)C1. The Morgan fingerprint density at radius 3 is 2.39 bits per heavy atom. The number of amides is 1. The monoisotopic (exact) mass is 430 g/mol. The van der Waals surface area contributed by atoms with Crippen molar-refractivity contribution < 1.29 is 19.0 Å². The van der Waals surface area contributed by atoms with Crippen LogP contribution in [0.2, 0.25) is 0 Å².